The van der Waals surface area contributed by atoms with Crippen LogP contribution in [0.2, 0.25) is 0 Å². The van der Waals surface area contributed by atoms with Crippen LogP contribution in [0.25, 0.3) is 0 Å². The molecule has 6 heteroatoms. The lowest BCUT2D eigenvalue weighted by Gasteiger charge is -2.11. The van der Waals surface area contributed by atoms with Gasteiger partial charge in [0.05, 0.1) is 17.3 Å². The van der Waals surface area contributed by atoms with E-state index in [4.69, 9.17) is 9.47 Å². The number of hydrogen-bond donors (Lipinski definition) is 1. The van der Waals surface area contributed by atoms with Crippen LogP contribution in [0.1, 0.15) is 23.6 Å². The first kappa shape index (κ1) is 19.0. The first-order valence-electron chi connectivity index (χ1n) is 7.94. The summed E-state index contributed by atoms with van der Waals surface area (Å²) in [5, 5.41) is 3.93. The van der Waals surface area contributed by atoms with Crippen LogP contribution in [0.5, 0.6) is 11.5 Å². The molecule has 1 N–H and O–H groups in total. The minimum absolute atomic E-state index is 0.108. The van der Waals surface area contributed by atoms with Gasteiger partial charge < -0.3 is 9.47 Å². The van der Waals surface area contributed by atoms with Crippen LogP contribution in [0.4, 0.5) is 0 Å². The third kappa shape index (κ3) is 5.90. The first-order valence-corrected chi connectivity index (χ1v) is 8.73. The van der Waals surface area contributed by atoms with E-state index >= 15 is 0 Å². The molecule has 132 valence electrons. The van der Waals surface area contributed by atoms with Crippen LogP contribution in [0.3, 0.4) is 0 Å². The standard InChI is InChI=1S/C19H21BrN2O3/c1-4-24-16-7-5-15(6-8-16)11-21-22-18(23)12-25-19-14(3)9-13(2)10-17(19)20/h5-11H,4,12H2,1-3H3,(H,22,23). The highest BCUT2D eigenvalue weighted by molar-refractivity contribution is 9.10. The molecule has 0 aromatic heterocycles. The fourth-order valence-electron chi connectivity index (χ4n) is 2.25. The smallest absolute Gasteiger partial charge is 0.277 e. The zero-order valence-corrected chi connectivity index (χ0v) is 16.1. The number of benzene rings is 2. The Morgan fingerprint density at radius 1 is 1.20 bits per heavy atom. The van der Waals surface area contributed by atoms with E-state index in [0.717, 1.165) is 26.9 Å². The zero-order chi connectivity index (χ0) is 18.2. The van der Waals surface area contributed by atoms with Gasteiger partial charge in [0.25, 0.3) is 5.91 Å². The van der Waals surface area contributed by atoms with Gasteiger partial charge in [-0.2, -0.15) is 5.10 Å². The van der Waals surface area contributed by atoms with Gasteiger partial charge in [-0.05, 0) is 83.7 Å². The second-order valence-electron chi connectivity index (χ2n) is 5.48. The normalized spacial score (nSPS) is 10.7. The van der Waals surface area contributed by atoms with Gasteiger partial charge in [-0.1, -0.05) is 6.07 Å². The van der Waals surface area contributed by atoms with Gasteiger partial charge in [0.1, 0.15) is 11.5 Å². The summed E-state index contributed by atoms with van der Waals surface area (Å²) in [7, 11) is 0. The van der Waals surface area contributed by atoms with Gasteiger partial charge in [0, 0.05) is 0 Å². The summed E-state index contributed by atoms with van der Waals surface area (Å²) in [4.78, 5) is 11.9. The van der Waals surface area contributed by atoms with Crippen LogP contribution in [-0.4, -0.2) is 25.3 Å². The third-order valence-corrected chi connectivity index (χ3v) is 3.90. The molecule has 2 aromatic rings. The SMILES string of the molecule is CCOc1ccc(C=NNC(=O)COc2c(C)cc(C)cc2Br)cc1. The van der Waals surface area contributed by atoms with Crippen molar-refractivity contribution >= 4 is 28.1 Å². The number of hydrogen-bond acceptors (Lipinski definition) is 4. The Kier molecular flexibility index (Phi) is 7.01. The lowest BCUT2D eigenvalue weighted by molar-refractivity contribution is -0.123. The molecule has 0 bridgehead atoms. The summed E-state index contributed by atoms with van der Waals surface area (Å²) in [6.07, 6.45) is 1.57. The number of aryl methyl sites for hydroxylation is 2. The second kappa shape index (κ2) is 9.22. The maximum absolute atomic E-state index is 11.9. The molecule has 2 aromatic carbocycles. The molecular formula is C19H21BrN2O3. The minimum Gasteiger partial charge on any atom is -0.494 e. The molecule has 25 heavy (non-hydrogen) atoms. The first-order chi connectivity index (χ1) is 12.0. The number of amides is 1. The van der Waals surface area contributed by atoms with Crippen molar-refractivity contribution < 1.29 is 14.3 Å². The molecule has 2 rings (SSSR count). The van der Waals surface area contributed by atoms with Gasteiger partial charge >= 0.3 is 0 Å². The predicted molar refractivity (Wildman–Crippen MR) is 102 cm³/mol. The number of rotatable bonds is 7. The molecule has 0 saturated carbocycles. The van der Waals surface area contributed by atoms with Crippen LogP contribution >= 0.6 is 15.9 Å². The molecule has 0 heterocycles. The van der Waals surface area contributed by atoms with E-state index in [1.807, 2.05) is 57.2 Å². The molecule has 0 aliphatic heterocycles. The molecule has 5 nitrogen and oxygen atoms in total. The number of carbonyl (C=O) groups excluding carboxylic acids is 1. The van der Waals surface area contributed by atoms with Gasteiger partial charge in [0.15, 0.2) is 6.61 Å². The zero-order valence-electron chi connectivity index (χ0n) is 14.5. The van der Waals surface area contributed by atoms with Gasteiger partial charge in [-0.3, -0.25) is 4.79 Å². The van der Waals surface area contributed by atoms with Crippen molar-refractivity contribution in [1.82, 2.24) is 5.43 Å². The Bertz CT molecular complexity index is 735. The highest BCUT2D eigenvalue weighted by atomic mass is 79.9. The van der Waals surface area contributed by atoms with Crippen molar-refractivity contribution in [2.45, 2.75) is 20.8 Å². The van der Waals surface area contributed by atoms with E-state index in [-0.39, 0.29) is 12.5 Å². The highest BCUT2D eigenvalue weighted by Gasteiger charge is 2.08. The number of carbonyl (C=O) groups is 1. The maximum atomic E-state index is 11.9. The molecule has 0 radical (unpaired) electrons. The lowest BCUT2D eigenvalue weighted by Crippen LogP contribution is -2.24. The number of nitrogens with zero attached hydrogens (tertiary/aromatic N) is 1. The van der Waals surface area contributed by atoms with E-state index < -0.39 is 0 Å². The average Bonchev–Trinajstić information content (AvgIpc) is 2.56. The van der Waals surface area contributed by atoms with E-state index in [0.29, 0.717) is 12.4 Å². The number of hydrazone groups is 1. The molecule has 0 unspecified atom stereocenters. The van der Waals surface area contributed by atoms with Crippen LogP contribution < -0.4 is 14.9 Å². The third-order valence-electron chi connectivity index (χ3n) is 3.32. The van der Waals surface area contributed by atoms with Crippen molar-refractivity contribution in [3.63, 3.8) is 0 Å². The fourth-order valence-corrected chi connectivity index (χ4v) is 3.04. The van der Waals surface area contributed by atoms with E-state index in [1.54, 1.807) is 6.21 Å². The van der Waals surface area contributed by atoms with Gasteiger partial charge in [-0.15, -0.1) is 0 Å². The quantitative estimate of drug-likeness (QED) is 0.560. The summed E-state index contributed by atoms with van der Waals surface area (Å²) in [6, 6.07) is 11.4. The summed E-state index contributed by atoms with van der Waals surface area (Å²) in [5.74, 6) is 1.14. The molecule has 0 spiro atoms. The highest BCUT2D eigenvalue weighted by Crippen LogP contribution is 2.30. The van der Waals surface area contributed by atoms with Gasteiger partial charge in [-0.25, -0.2) is 5.43 Å². The van der Waals surface area contributed by atoms with Crippen molar-refractivity contribution in [3.05, 3.63) is 57.6 Å². The maximum Gasteiger partial charge on any atom is 0.277 e. The van der Waals surface area contributed by atoms with Gasteiger partial charge in [0.2, 0.25) is 0 Å². The average molecular weight is 405 g/mol. The Morgan fingerprint density at radius 3 is 2.56 bits per heavy atom. The van der Waals surface area contributed by atoms with E-state index in [2.05, 4.69) is 26.5 Å². The number of halogens is 1. The van der Waals surface area contributed by atoms with Crippen LogP contribution in [0.15, 0.2) is 46.0 Å². The van der Waals surface area contributed by atoms with Crippen molar-refractivity contribution in [2.75, 3.05) is 13.2 Å². The molecule has 0 saturated heterocycles. The second-order valence-corrected chi connectivity index (χ2v) is 6.33. The van der Waals surface area contributed by atoms with Crippen molar-refractivity contribution in [2.24, 2.45) is 5.10 Å². The lowest BCUT2D eigenvalue weighted by atomic mass is 10.1. The Morgan fingerprint density at radius 2 is 1.92 bits per heavy atom. The summed E-state index contributed by atoms with van der Waals surface area (Å²) >= 11 is 3.45. The monoisotopic (exact) mass is 404 g/mol. The largest absolute Gasteiger partial charge is 0.494 e. The molecule has 0 aliphatic rings. The summed E-state index contributed by atoms with van der Waals surface area (Å²) < 4.78 is 11.8. The summed E-state index contributed by atoms with van der Waals surface area (Å²) in [6.45, 7) is 6.39. The van der Waals surface area contributed by atoms with E-state index in [1.165, 1.54) is 0 Å². The molecule has 0 atom stereocenters. The van der Waals surface area contributed by atoms with E-state index in [9.17, 15) is 4.79 Å². The Balaban J connectivity index is 1.84. The Labute approximate surface area is 156 Å². The number of nitrogens with one attached hydrogen (secondary N) is 1. The molecule has 0 fully saturated rings. The molecule has 0 aliphatic carbocycles. The van der Waals surface area contributed by atoms with Crippen LogP contribution in [-0.2, 0) is 4.79 Å². The Hall–Kier alpha value is -2.34. The predicted octanol–water partition coefficient (Wildman–Crippen LogP) is 3.99. The van der Waals surface area contributed by atoms with Crippen molar-refractivity contribution in [1.29, 1.82) is 0 Å². The minimum atomic E-state index is -0.325. The molecular weight excluding hydrogens is 384 g/mol. The summed E-state index contributed by atoms with van der Waals surface area (Å²) in [5.41, 5.74) is 5.41. The molecule has 1 amide bonds. The van der Waals surface area contributed by atoms with Crippen molar-refractivity contribution in [3.8, 4) is 11.5 Å². The fraction of sp³-hybridized carbons (Fsp3) is 0.263. The topological polar surface area (TPSA) is 59.9 Å². The van der Waals surface area contributed by atoms with Crippen LogP contribution in [0, 0.1) is 13.8 Å². The number of ether oxygens (including phenoxy) is 2.